The first-order valence-electron chi connectivity index (χ1n) is 4.94. The van der Waals surface area contributed by atoms with Gasteiger partial charge in [0.15, 0.2) is 0 Å². The van der Waals surface area contributed by atoms with Crippen LogP contribution in [0.2, 0.25) is 0 Å². The normalized spacial score (nSPS) is 10.6. The highest BCUT2D eigenvalue weighted by Crippen LogP contribution is 2.18. The summed E-state index contributed by atoms with van der Waals surface area (Å²) >= 11 is 0. The molecule has 1 aromatic rings. The number of nitrogens with zero attached hydrogens (tertiary/aromatic N) is 1. The van der Waals surface area contributed by atoms with Crippen LogP contribution in [-0.4, -0.2) is 17.6 Å². The molecule has 0 aliphatic heterocycles. The van der Waals surface area contributed by atoms with Crippen molar-refractivity contribution in [3.05, 3.63) is 29.1 Å². The van der Waals surface area contributed by atoms with Crippen molar-refractivity contribution in [3.63, 3.8) is 0 Å². The van der Waals surface area contributed by atoms with Gasteiger partial charge in [-0.05, 0) is 31.5 Å². The van der Waals surface area contributed by atoms with Crippen molar-refractivity contribution >= 4 is 5.97 Å². The molecule has 1 heterocycles. The van der Waals surface area contributed by atoms with Crippen LogP contribution in [0.25, 0.3) is 0 Å². The molecule has 0 spiro atoms. The van der Waals surface area contributed by atoms with Crippen LogP contribution in [0, 0.1) is 6.92 Å². The van der Waals surface area contributed by atoms with Crippen molar-refractivity contribution in [1.29, 1.82) is 0 Å². The summed E-state index contributed by atoms with van der Waals surface area (Å²) in [5, 5.41) is 0. The van der Waals surface area contributed by atoms with Gasteiger partial charge >= 0.3 is 5.97 Å². The fraction of sp³-hybridized carbons (Fsp3) is 0.455. The van der Waals surface area contributed by atoms with Crippen LogP contribution in [0.5, 0.6) is 0 Å². The molecule has 16 heavy (non-hydrogen) atoms. The molecule has 0 aliphatic rings. The van der Waals surface area contributed by atoms with Crippen LogP contribution in [-0.2, 0) is 16.0 Å². The van der Waals surface area contributed by atoms with Gasteiger partial charge < -0.3 is 4.74 Å². The van der Waals surface area contributed by atoms with E-state index in [2.05, 4.69) is 4.98 Å². The topological polar surface area (TPSA) is 39.2 Å². The minimum absolute atomic E-state index is 0.00306. The second-order valence-corrected chi connectivity index (χ2v) is 3.32. The maximum absolute atomic E-state index is 12.4. The quantitative estimate of drug-likeness (QED) is 0.744. The van der Waals surface area contributed by atoms with Crippen molar-refractivity contribution in [2.45, 2.75) is 26.7 Å². The summed E-state index contributed by atoms with van der Waals surface area (Å²) in [7, 11) is 0. The Labute approximate surface area is 92.4 Å². The van der Waals surface area contributed by atoms with Crippen LogP contribution < -0.4 is 0 Å². The highest BCUT2D eigenvalue weighted by molar-refractivity contribution is 5.72. The molecule has 5 heteroatoms. The van der Waals surface area contributed by atoms with E-state index in [-0.39, 0.29) is 18.7 Å². The lowest BCUT2D eigenvalue weighted by molar-refractivity contribution is -0.142. The van der Waals surface area contributed by atoms with Crippen molar-refractivity contribution < 1.29 is 18.3 Å². The Balaban J connectivity index is 2.84. The van der Waals surface area contributed by atoms with E-state index < -0.39 is 12.4 Å². The number of alkyl halides is 2. The Kier molecular flexibility index (Phi) is 4.34. The van der Waals surface area contributed by atoms with E-state index in [1.165, 1.54) is 6.07 Å². The molecule has 88 valence electrons. The van der Waals surface area contributed by atoms with E-state index in [0.717, 1.165) is 0 Å². The third-order valence-corrected chi connectivity index (χ3v) is 1.91. The second kappa shape index (κ2) is 5.53. The molecule has 0 radical (unpaired) electrons. The minimum atomic E-state index is -2.62. The lowest BCUT2D eigenvalue weighted by atomic mass is 10.1. The third kappa shape index (κ3) is 3.56. The summed E-state index contributed by atoms with van der Waals surface area (Å²) in [6, 6.07) is 2.83. The molecule has 0 amide bonds. The number of rotatable bonds is 4. The van der Waals surface area contributed by atoms with Crippen molar-refractivity contribution in [2.24, 2.45) is 0 Å². The van der Waals surface area contributed by atoms with E-state index in [1.54, 1.807) is 19.9 Å². The van der Waals surface area contributed by atoms with Crippen molar-refractivity contribution in [2.75, 3.05) is 6.61 Å². The van der Waals surface area contributed by atoms with E-state index >= 15 is 0 Å². The Morgan fingerprint density at radius 2 is 2.19 bits per heavy atom. The first-order valence-corrected chi connectivity index (χ1v) is 4.94. The standard InChI is InChI=1S/C11H13F2NO2/c1-3-16-10(15)6-8-4-7(2)14-9(5-8)11(12)13/h4-5,11H,3,6H2,1-2H3. The van der Waals surface area contributed by atoms with Gasteiger partial charge in [0.05, 0.1) is 13.0 Å². The molecule has 3 nitrogen and oxygen atoms in total. The van der Waals surface area contributed by atoms with Crippen molar-refractivity contribution in [3.8, 4) is 0 Å². The summed E-state index contributed by atoms with van der Waals surface area (Å²) < 4.78 is 29.6. The lowest BCUT2D eigenvalue weighted by Gasteiger charge is -2.06. The molecule has 1 rings (SSSR count). The van der Waals surface area contributed by atoms with Gasteiger partial charge in [-0.1, -0.05) is 0 Å². The first kappa shape index (κ1) is 12.5. The number of ether oxygens (including phenoxy) is 1. The molecule has 0 bridgehead atoms. The molecular formula is C11H13F2NO2. The number of esters is 1. The maximum atomic E-state index is 12.4. The van der Waals surface area contributed by atoms with Gasteiger partial charge in [0.25, 0.3) is 6.43 Å². The van der Waals surface area contributed by atoms with Crippen LogP contribution >= 0.6 is 0 Å². The fourth-order valence-electron chi connectivity index (χ4n) is 1.36. The third-order valence-electron chi connectivity index (χ3n) is 1.91. The molecule has 0 aromatic carbocycles. The number of aromatic nitrogens is 1. The zero-order chi connectivity index (χ0) is 12.1. The summed E-state index contributed by atoms with van der Waals surface area (Å²) in [4.78, 5) is 14.9. The van der Waals surface area contributed by atoms with Gasteiger partial charge in [-0.2, -0.15) is 0 Å². The number of carbonyl (C=O) groups excluding carboxylic acids is 1. The van der Waals surface area contributed by atoms with Gasteiger partial charge in [0.2, 0.25) is 0 Å². The Bertz CT molecular complexity index is 380. The number of carbonyl (C=O) groups is 1. The van der Waals surface area contributed by atoms with Crippen molar-refractivity contribution in [1.82, 2.24) is 4.98 Å². The minimum Gasteiger partial charge on any atom is -0.466 e. The largest absolute Gasteiger partial charge is 0.466 e. The summed E-state index contributed by atoms with van der Waals surface area (Å²) in [6.45, 7) is 3.59. The highest BCUT2D eigenvalue weighted by atomic mass is 19.3. The highest BCUT2D eigenvalue weighted by Gasteiger charge is 2.12. The van der Waals surface area contributed by atoms with Gasteiger partial charge in [-0.25, -0.2) is 8.78 Å². The maximum Gasteiger partial charge on any atom is 0.310 e. The Hall–Kier alpha value is -1.52. The van der Waals surface area contributed by atoms with Gasteiger partial charge in [0.1, 0.15) is 5.69 Å². The molecule has 0 saturated carbocycles. The van der Waals surface area contributed by atoms with Crippen LogP contribution in [0.4, 0.5) is 8.78 Å². The average Bonchev–Trinajstić information content (AvgIpc) is 2.16. The second-order valence-electron chi connectivity index (χ2n) is 3.32. The Morgan fingerprint density at radius 1 is 1.50 bits per heavy atom. The number of halogens is 2. The van der Waals surface area contributed by atoms with E-state index in [0.29, 0.717) is 11.3 Å². The average molecular weight is 229 g/mol. The summed E-state index contributed by atoms with van der Waals surface area (Å²) in [5.41, 5.74) is 0.664. The van der Waals surface area contributed by atoms with Crippen LogP contribution in [0.15, 0.2) is 12.1 Å². The lowest BCUT2D eigenvalue weighted by Crippen LogP contribution is -2.08. The molecular weight excluding hydrogens is 216 g/mol. The number of pyridine rings is 1. The van der Waals surface area contributed by atoms with Crippen LogP contribution in [0.3, 0.4) is 0 Å². The molecule has 0 fully saturated rings. The molecule has 0 atom stereocenters. The predicted molar refractivity (Wildman–Crippen MR) is 54.3 cm³/mol. The van der Waals surface area contributed by atoms with Gasteiger partial charge in [-0.15, -0.1) is 0 Å². The summed E-state index contributed by atoms with van der Waals surface area (Å²) in [6.07, 6.45) is -2.63. The number of aryl methyl sites for hydroxylation is 1. The van der Waals surface area contributed by atoms with E-state index in [4.69, 9.17) is 4.74 Å². The zero-order valence-corrected chi connectivity index (χ0v) is 9.17. The van der Waals surface area contributed by atoms with E-state index in [1.807, 2.05) is 0 Å². The Morgan fingerprint density at radius 3 is 2.75 bits per heavy atom. The van der Waals surface area contributed by atoms with Gasteiger partial charge in [0, 0.05) is 5.69 Å². The van der Waals surface area contributed by atoms with E-state index in [9.17, 15) is 13.6 Å². The van der Waals surface area contributed by atoms with Gasteiger partial charge in [-0.3, -0.25) is 9.78 Å². The first-order chi connectivity index (χ1) is 7.52. The number of hydrogen-bond donors (Lipinski definition) is 0. The molecule has 0 N–H and O–H groups in total. The summed E-state index contributed by atoms with van der Waals surface area (Å²) in [5.74, 6) is -0.423. The molecule has 1 aromatic heterocycles. The smallest absolute Gasteiger partial charge is 0.310 e. The molecule has 0 saturated heterocycles. The monoisotopic (exact) mass is 229 g/mol. The molecule has 0 unspecified atom stereocenters. The predicted octanol–water partition coefficient (Wildman–Crippen LogP) is 2.43. The number of hydrogen-bond acceptors (Lipinski definition) is 3. The fourth-order valence-corrected chi connectivity index (χ4v) is 1.36. The SMILES string of the molecule is CCOC(=O)Cc1cc(C)nc(C(F)F)c1. The molecule has 0 aliphatic carbocycles. The zero-order valence-electron chi connectivity index (χ0n) is 9.17. The van der Waals surface area contributed by atoms with Crippen LogP contribution in [0.1, 0.15) is 30.3 Å².